The van der Waals surface area contributed by atoms with Gasteiger partial charge < -0.3 is 18.3 Å². The number of nitriles is 2. The Bertz CT molecular complexity index is 3760. The van der Waals surface area contributed by atoms with Crippen molar-refractivity contribution < 1.29 is 0 Å². The van der Waals surface area contributed by atoms with E-state index < -0.39 is 0 Å². The van der Waals surface area contributed by atoms with Crippen LogP contribution in [0, 0.1) is 22.7 Å². The summed E-state index contributed by atoms with van der Waals surface area (Å²) in [4.78, 5) is 0. The van der Waals surface area contributed by atoms with Crippen LogP contribution in [0.3, 0.4) is 0 Å². The van der Waals surface area contributed by atoms with Crippen molar-refractivity contribution in [3.63, 3.8) is 0 Å². The molecule has 0 aliphatic heterocycles. The predicted molar refractivity (Wildman–Crippen MR) is 253 cm³/mol. The van der Waals surface area contributed by atoms with Crippen LogP contribution in [0.4, 0.5) is 0 Å². The molecule has 0 saturated heterocycles. The fraction of sp³-hybridized carbons (Fsp3) is 0. The number of benzene rings is 9. The summed E-state index contributed by atoms with van der Waals surface area (Å²) in [5.41, 5.74) is 13.0. The lowest BCUT2D eigenvalue weighted by molar-refractivity contribution is 1.09. The second-order valence-corrected chi connectivity index (χ2v) is 16.0. The zero-order valence-corrected chi connectivity index (χ0v) is 33.2. The molecule has 0 N–H and O–H groups in total. The second kappa shape index (κ2) is 12.8. The third kappa shape index (κ3) is 4.61. The molecule has 9 aromatic carbocycles. The lowest BCUT2D eigenvalue weighted by Gasteiger charge is -2.18. The molecular weight excluding hydrogens is 757 g/mol. The van der Waals surface area contributed by atoms with Crippen LogP contribution in [0.5, 0.6) is 0 Å². The van der Waals surface area contributed by atoms with E-state index in [9.17, 15) is 10.5 Å². The van der Waals surface area contributed by atoms with Crippen molar-refractivity contribution in [2.45, 2.75) is 0 Å². The summed E-state index contributed by atoms with van der Waals surface area (Å²) in [6, 6.07) is 73.1. The molecular formula is C56H32N6. The zero-order chi connectivity index (χ0) is 41.1. The molecule has 286 valence electrons. The molecule has 13 aromatic rings. The highest BCUT2D eigenvalue weighted by molar-refractivity contribution is 6.15. The Balaban J connectivity index is 1.09. The van der Waals surface area contributed by atoms with Crippen LogP contribution in [0.15, 0.2) is 194 Å². The molecule has 0 amide bonds. The highest BCUT2D eigenvalue weighted by atomic mass is 15.1. The maximum Gasteiger partial charge on any atom is 0.101 e. The maximum atomic E-state index is 10.5. The van der Waals surface area contributed by atoms with Crippen LogP contribution < -0.4 is 0 Å². The highest BCUT2D eigenvalue weighted by Gasteiger charge is 2.23. The van der Waals surface area contributed by atoms with Crippen molar-refractivity contribution in [3.8, 4) is 34.9 Å². The van der Waals surface area contributed by atoms with Crippen molar-refractivity contribution in [1.29, 1.82) is 10.5 Å². The molecule has 0 atom stereocenters. The number of aromatic nitrogens is 4. The van der Waals surface area contributed by atoms with Crippen molar-refractivity contribution in [2.75, 3.05) is 0 Å². The fourth-order valence-corrected chi connectivity index (χ4v) is 10.2. The van der Waals surface area contributed by atoms with Gasteiger partial charge in [0.15, 0.2) is 0 Å². The first-order valence-corrected chi connectivity index (χ1v) is 20.7. The largest absolute Gasteiger partial charge is 0.309 e. The zero-order valence-electron chi connectivity index (χ0n) is 33.2. The van der Waals surface area contributed by atoms with Gasteiger partial charge in [-0.3, -0.25) is 0 Å². The molecule has 0 saturated carbocycles. The molecule has 0 aliphatic rings. The monoisotopic (exact) mass is 788 g/mol. The van der Waals surface area contributed by atoms with Gasteiger partial charge in [-0.1, -0.05) is 109 Å². The summed E-state index contributed by atoms with van der Waals surface area (Å²) < 4.78 is 9.24. The summed E-state index contributed by atoms with van der Waals surface area (Å²) in [7, 11) is 0. The number of fused-ring (bicyclic) bond motifs is 12. The third-order valence-electron chi connectivity index (χ3n) is 12.8. The fourth-order valence-electron chi connectivity index (χ4n) is 10.2. The molecule has 0 fully saturated rings. The minimum absolute atomic E-state index is 0.327. The second-order valence-electron chi connectivity index (χ2n) is 16.0. The van der Waals surface area contributed by atoms with E-state index in [1.807, 2.05) is 12.1 Å². The number of rotatable bonds is 4. The van der Waals surface area contributed by atoms with Crippen LogP contribution in [-0.2, 0) is 0 Å². The lowest BCUT2D eigenvalue weighted by Crippen LogP contribution is -2.06. The van der Waals surface area contributed by atoms with Gasteiger partial charge in [-0.15, -0.1) is 0 Å². The van der Waals surface area contributed by atoms with Gasteiger partial charge in [0.25, 0.3) is 0 Å². The molecule has 62 heavy (non-hydrogen) atoms. The minimum Gasteiger partial charge on any atom is -0.309 e. The molecule has 6 heteroatoms. The molecule has 0 radical (unpaired) electrons. The SMILES string of the molecule is N#Cc1cc(-n2c3ccccc3c3cc(-n4c5ccccc5c5ccccc54)ccc32)c(-n2c3ccccc3c3cc(-n4c5ccccc5c5ccccc54)ccc32)cc1C#N. The Morgan fingerprint density at radius 3 is 0.823 bits per heavy atom. The van der Waals surface area contributed by atoms with E-state index >= 15 is 0 Å². The molecule has 4 heterocycles. The van der Waals surface area contributed by atoms with Gasteiger partial charge in [0.1, 0.15) is 12.1 Å². The molecule has 6 nitrogen and oxygen atoms in total. The smallest absolute Gasteiger partial charge is 0.101 e. The van der Waals surface area contributed by atoms with Crippen molar-refractivity contribution in [1.82, 2.24) is 18.3 Å². The lowest BCUT2D eigenvalue weighted by atomic mass is 10.1. The van der Waals surface area contributed by atoms with E-state index in [1.165, 1.54) is 21.5 Å². The Hall–Kier alpha value is -8.84. The highest BCUT2D eigenvalue weighted by Crippen LogP contribution is 2.42. The average Bonchev–Trinajstić information content (AvgIpc) is 4.06. The minimum atomic E-state index is 0.327. The van der Waals surface area contributed by atoms with Crippen LogP contribution in [0.25, 0.3) is 110 Å². The summed E-state index contributed by atoms with van der Waals surface area (Å²) in [5.74, 6) is 0. The summed E-state index contributed by atoms with van der Waals surface area (Å²) in [6.45, 7) is 0. The van der Waals surface area contributed by atoms with Gasteiger partial charge in [0.2, 0.25) is 0 Å². The van der Waals surface area contributed by atoms with Gasteiger partial charge >= 0.3 is 0 Å². The number of hydrogen-bond acceptors (Lipinski definition) is 2. The number of hydrogen-bond donors (Lipinski definition) is 0. The summed E-state index contributed by atoms with van der Waals surface area (Å²) >= 11 is 0. The summed E-state index contributed by atoms with van der Waals surface area (Å²) in [5, 5.41) is 30.3. The molecule has 0 unspecified atom stereocenters. The van der Waals surface area contributed by atoms with E-state index in [-0.39, 0.29) is 0 Å². The van der Waals surface area contributed by atoms with E-state index in [4.69, 9.17) is 0 Å². The third-order valence-corrected chi connectivity index (χ3v) is 12.8. The average molecular weight is 789 g/mol. The van der Waals surface area contributed by atoms with Crippen LogP contribution in [0.2, 0.25) is 0 Å². The quantitative estimate of drug-likeness (QED) is 0.178. The van der Waals surface area contributed by atoms with E-state index in [0.29, 0.717) is 11.1 Å². The van der Waals surface area contributed by atoms with Crippen LogP contribution in [-0.4, -0.2) is 18.3 Å². The van der Waals surface area contributed by atoms with Crippen LogP contribution in [0.1, 0.15) is 11.1 Å². The normalized spacial score (nSPS) is 11.8. The first kappa shape index (κ1) is 34.1. The first-order valence-electron chi connectivity index (χ1n) is 20.7. The predicted octanol–water partition coefficient (Wildman–Crippen LogP) is 13.8. The van der Waals surface area contributed by atoms with Gasteiger partial charge in [-0.05, 0) is 84.9 Å². The standard InChI is InChI=1S/C56H32N6/c57-33-35-29-55(61-51-23-11-5-17-43(51)45-31-37(25-27-53(45)61)59-47-19-7-1-13-39(47)40-14-2-8-20-48(40)59)56(30-36(35)34-58)62-52-24-12-6-18-44(52)46-32-38(26-28-54(46)62)60-49-21-9-3-15-41(49)42-16-4-10-22-50(42)60/h1-32H. The van der Waals surface area contributed by atoms with Gasteiger partial charge in [-0.2, -0.15) is 10.5 Å². The van der Waals surface area contributed by atoms with E-state index in [2.05, 4.69) is 212 Å². The van der Waals surface area contributed by atoms with Gasteiger partial charge in [-0.25, -0.2) is 0 Å². The molecule has 0 spiro atoms. The molecule has 0 aliphatic carbocycles. The summed E-state index contributed by atoms with van der Waals surface area (Å²) in [6.07, 6.45) is 0. The molecule has 13 rings (SSSR count). The number of para-hydroxylation sites is 6. The van der Waals surface area contributed by atoms with Crippen molar-refractivity contribution in [2.24, 2.45) is 0 Å². The number of nitrogens with zero attached hydrogens (tertiary/aromatic N) is 6. The maximum absolute atomic E-state index is 10.5. The van der Waals surface area contributed by atoms with E-state index in [1.54, 1.807) is 0 Å². The first-order chi connectivity index (χ1) is 30.7. The van der Waals surface area contributed by atoms with Crippen molar-refractivity contribution >= 4 is 87.2 Å². The topological polar surface area (TPSA) is 67.3 Å². The van der Waals surface area contributed by atoms with Gasteiger partial charge in [0, 0.05) is 54.5 Å². The Kier molecular flexibility index (Phi) is 7.05. The molecule has 0 bridgehead atoms. The Morgan fingerprint density at radius 1 is 0.258 bits per heavy atom. The molecule has 4 aromatic heterocycles. The Morgan fingerprint density at radius 2 is 0.516 bits per heavy atom. The van der Waals surface area contributed by atoms with Crippen molar-refractivity contribution in [3.05, 3.63) is 205 Å². The van der Waals surface area contributed by atoms with E-state index in [0.717, 1.165) is 88.4 Å². The van der Waals surface area contributed by atoms with Gasteiger partial charge in [0.05, 0.1) is 66.6 Å². The van der Waals surface area contributed by atoms with Crippen LogP contribution >= 0.6 is 0 Å². The Labute approximate surface area is 354 Å².